The van der Waals surface area contributed by atoms with Crippen molar-refractivity contribution in [2.75, 3.05) is 0 Å². The Morgan fingerprint density at radius 3 is 2.14 bits per heavy atom. The maximum Gasteiger partial charge on any atom is 0.164 e. The van der Waals surface area contributed by atoms with E-state index in [9.17, 15) is 9.90 Å². The van der Waals surface area contributed by atoms with E-state index < -0.39 is 0 Å². The number of furan rings is 1. The van der Waals surface area contributed by atoms with E-state index in [2.05, 4.69) is 83.1 Å². The molecule has 0 aliphatic heterocycles. The first-order valence-electron chi connectivity index (χ1n) is 17.6. The summed E-state index contributed by atoms with van der Waals surface area (Å²) in [6.07, 6.45) is 4.75. The molecule has 0 bridgehead atoms. The van der Waals surface area contributed by atoms with E-state index >= 15 is 0 Å². The first-order valence-corrected chi connectivity index (χ1v) is 17.6. The summed E-state index contributed by atoms with van der Waals surface area (Å²) in [5.74, 6) is 1.27. The summed E-state index contributed by atoms with van der Waals surface area (Å²) < 4.78 is 6.35. The quantitative estimate of drug-likeness (QED) is 0.0961. The average Bonchev–Trinajstić information content (AvgIpc) is 3.57. The third kappa shape index (κ3) is 6.69. The normalized spacial score (nSPS) is 13.8. The Morgan fingerprint density at radius 2 is 1.51 bits per heavy atom. The number of hydrogen-bond acceptors (Lipinski definition) is 4. The second-order valence-electron chi connectivity index (χ2n) is 14.8. The third-order valence-corrected chi connectivity index (χ3v) is 11.4. The molecule has 5 heteroatoms. The van der Waals surface area contributed by atoms with Crippen LogP contribution in [0.25, 0.3) is 44.5 Å². The molecule has 2 aromatic heterocycles. The summed E-state index contributed by atoms with van der Waals surface area (Å²) in [5.41, 5.74) is 10.7. The smallest absolute Gasteiger partial charge is 0.164 e. The maximum atomic E-state index is 12.2. The van der Waals surface area contributed by atoms with Gasteiger partial charge in [0, 0.05) is 53.3 Å². The van der Waals surface area contributed by atoms with Crippen LogP contribution in [0.1, 0.15) is 109 Å². The van der Waals surface area contributed by atoms with Crippen molar-refractivity contribution in [1.82, 2.24) is 4.98 Å². The van der Waals surface area contributed by atoms with Gasteiger partial charge in [-0.25, -0.2) is 0 Å². The number of rotatable bonds is 8. The van der Waals surface area contributed by atoms with E-state index in [4.69, 9.17) is 9.40 Å². The second kappa shape index (κ2) is 14.4. The van der Waals surface area contributed by atoms with Crippen molar-refractivity contribution in [2.24, 2.45) is 10.8 Å². The fraction of sp³-hybridized carbons (Fsp3) is 0.409. The number of aliphatic hydroxyl groups is 1. The van der Waals surface area contributed by atoms with Crippen LogP contribution in [0.5, 0.6) is 0 Å². The Hall–Kier alpha value is -3.53. The molecule has 6 rings (SSSR count). The van der Waals surface area contributed by atoms with Gasteiger partial charge in [0.1, 0.15) is 17.1 Å². The van der Waals surface area contributed by atoms with Gasteiger partial charge in [-0.2, -0.15) is 0 Å². The monoisotopic (exact) mass is 835 g/mol. The molecule has 0 unspecified atom stereocenters. The predicted octanol–water partition coefficient (Wildman–Crippen LogP) is 12.3. The first-order chi connectivity index (χ1) is 22.6. The summed E-state index contributed by atoms with van der Waals surface area (Å²) in [6.45, 7) is 23.1. The molecular weight excluding hydrogens is 783 g/mol. The summed E-state index contributed by atoms with van der Waals surface area (Å²) in [7, 11) is 0. The topological polar surface area (TPSA) is 63.3 Å². The number of aryl methyl sites for hydroxylation is 3. The first kappa shape index (κ1) is 38.3. The van der Waals surface area contributed by atoms with Crippen LogP contribution in [0, 0.1) is 37.7 Å². The molecule has 5 aromatic rings. The Bertz CT molecular complexity index is 2040. The summed E-state index contributed by atoms with van der Waals surface area (Å²) in [5, 5.41) is 12.6. The molecule has 1 radical (unpaired) electrons. The fourth-order valence-corrected chi connectivity index (χ4v) is 7.32. The van der Waals surface area contributed by atoms with Gasteiger partial charge >= 0.3 is 0 Å². The average molecular weight is 835 g/mol. The standard InChI is InChI=1S/C29H24NO.C15H28O2.Ir/c1-16-13-17(2)25-18(3)15-22(30-23(25)14-16)19-10-8-11-21-26(19)29(4,5)27-20-9-6-7-12-24(20)31-28(21)27;1-7-14(5,8-2)12(16)11-13(17)15(6,9-3)10-4;/h6-9,11-15H,1-5H3;11,16H,7-10H2,1-6H3;/q-1;;/b;12-11-;. The van der Waals surface area contributed by atoms with Crippen molar-refractivity contribution in [1.29, 1.82) is 0 Å². The van der Waals surface area contributed by atoms with Crippen LogP contribution < -0.4 is 0 Å². The van der Waals surface area contributed by atoms with Crippen LogP contribution in [-0.2, 0) is 30.3 Å². The molecule has 4 nitrogen and oxygen atoms in total. The number of aliphatic hydroxyl groups excluding tert-OH is 1. The van der Waals surface area contributed by atoms with Crippen LogP contribution in [-0.4, -0.2) is 15.9 Å². The van der Waals surface area contributed by atoms with E-state index in [0.29, 0.717) is 0 Å². The van der Waals surface area contributed by atoms with Gasteiger partial charge in [0.15, 0.2) is 5.78 Å². The molecule has 0 fully saturated rings. The number of para-hydroxylation sites is 1. The minimum atomic E-state index is -0.337. The van der Waals surface area contributed by atoms with Crippen molar-refractivity contribution in [3.8, 4) is 22.6 Å². The van der Waals surface area contributed by atoms with E-state index in [1.54, 1.807) is 0 Å². The van der Waals surface area contributed by atoms with Crippen molar-refractivity contribution < 1.29 is 34.4 Å². The van der Waals surface area contributed by atoms with Crippen molar-refractivity contribution in [3.05, 3.63) is 100 Å². The number of ketones is 1. The van der Waals surface area contributed by atoms with Crippen molar-refractivity contribution in [3.63, 3.8) is 0 Å². The Morgan fingerprint density at radius 1 is 0.898 bits per heavy atom. The number of aromatic nitrogens is 1. The molecule has 0 spiro atoms. The van der Waals surface area contributed by atoms with Gasteiger partial charge in [-0.3, -0.25) is 9.78 Å². The number of hydrogen-bond donors (Lipinski definition) is 1. The Kier molecular flexibility index (Phi) is 11.2. The number of nitrogens with zero attached hydrogens (tertiary/aromatic N) is 1. The van der Waals surface area contributed by atoms with Gasteiger partial charge in [-0.15, -0.1) is 29.3 Å². The zero-order chi connectivity index (χ0) is 35.2. The molecule has 2 heterocycles. The predicted molar refractivity (Wildman–Crippen MR) is 201 cm³/mol. The van der Waals surface area contributed by atoms with Crippen LogP contribution in [0.3, 0.4) is 0 Å². The molecule has 1 aliphatic rings. The number of carbonyl (C=O) groups excluding carboxylic acids is 1. The van der Waals surface area contributed by atoms with Gasteiger partial charge in [0.05, 0.1) is 5.52 Å². The Balaban J connectivity index is 0.000000260. The zero-order valence-electron chi connectivity index (χ0n) is 31.1. The Labute approximate surface area is 306 Å². The van der Waals surface area contributed by atoms with Gasteiger partial charge in [-0.1, -0.05) is 91.3 Å². The third-order valence-electron chi connectivity index (χ3n) is 11.4. The van der Waals surface area contributed by atoms with Crippen LogP contribution in [0.2, 0.25) is 0 Å². The van der Waals surface area contributed by atoms with E-state index in [-0.39, 0.29) is 47.9 Å². The molecule has 1 N–H and O–H groups in total. The molecule has 0 saturated heterocycles. The van der Waals surface area contributed by atoms with Gasteiger partial charge < -0.3 is 9.52 Å². The van der Waals surface area contributed by atoms with Crippen molar-refractivity contribution >= 4 is 27.7 Å². The largest absolute Gasteiger partial charge is 0.512 e. The number of allylic oxidation sites excluding steroid dienone is 2. The van der Waals surface area contributed by atoms with Crippen LogP contribution >= 0.6 is 0 Å². The number of fused-ring (bicyclic) bond motifs is 6. The zero-order valence-corrected chi connectivity index (χ0v) is 33.5. The summed E-state index contributed by atoms with van der Waals surface area (Å²) >= 11 is 0. The van der Waals surface area contributed by atoms with E-state index in [0.717, 1.165) is 59.4 Å². The fourth-order valence-electron chi connectivity index (χ4n) is 7.32. The maximum absolute atomic E-state index is 12.2. The SMILES string of the molecule is CCC(C)(CC)C(=O)/C=C(\O)C(C)(CC)CC.Cc1cc(C)c2c(C)cc(-c3[c-]ccc4c3C(C)(C)c3c-4oc4ccccc34)nc2c1.[Ir]. The van der Waals surface area contributed by atoms with E-state index in [1.807, 2.05) is 53.7 Å². The number of carbonyl (C=O) groups is 1. The second-order valence-corrected chi connectivity index (χ2v) is 14.8. The van der Waals surface area contributed by atoms with Crippen LogP contribution in [0.4, 0.5) is 0 Å². The number of benzene rings is 3. The summed E-state index contributed by atoms with van der Waals surface area (Å²) in [6, 6.07) is 22.6. The molecule has 1 aliphatic carbocycles. The van der Waals surface area contributed by atoms with E-state index in [1.165, 1.54) is 44.7 Å². The van der Waals surface area contributed by atoms with Crippen LogP contribution in [0.15, 0.2) is 70.8 Å². The molecular formula is C44H52IrNO3-. The molecule has 49 heavy (non-hydrogen) atoms. The minimum absolute atomic E-state index is 0. The van der Waals surface area contributed by atoms with Gasteiger partial charge in [-0.05, 0) is 86.4 Å². The van der Waals surface area contributed by atoms with Gasteiger partial charge in [0.2, 0.25) is 0 Å². The van der Waals surface area contributed by atoms with Gasteiger partial charge in [0.25, 0.3) is 0 Å². The molecule has 0 saturated carbocycles. The molecule has 0 atom stereocenters. The summed E-state index contributed by atoms with van der Waals surface area (Å²) in [4.78, 5) is 17.3. The molecule has 0 amide bonds. The molecule has 3 aromatic carbocycles. The van der Waals surface area contributed by atoms with Crippen molar-refractivity contribution in [2.45, 2.75) is 107 Å². The number of pyridine rings is 1. The minimum Gasteiger partial charge on any atom is -0.512 e. The molecule has 261 valence electrons.